The summed E-state index contributed by atoms with van der Waals surface area (Å²) in [6.45, 7) is 3.81. The van der Waals surface area contributed by atoms with E-state index < -0.39 is 0 Å². The lowest BCUT2D eigenvalue weighted by Gasteiger charge is -2.11. The Balaban J connectivity index is 3.13. The lowest BCUT2D eigenvalue weighted by Crippen LogP contribution is -2.16. The van der Waals surface area contributed by atoms with E-state index in [1.807, 2.05) is 27.0 Å². The highest BCUT2D eigenvalue weighted by Crippen LogP contribution is 2.14. The van der Waals surface area contributed by atoms with Crippen molar-refractivity contribution in [1.82, 2.24) is 15.5 Å². The number of hydrogen-bond donors (Lipinski definition) is 1. The highest BCUT2D eigenvalue weighted by Gasteiger charge is 2.09. The number of terminal acetylenes is 1. The summed E-state index contributed by atoms with van der Waals surface area (Å²) in [7, 11) is 1.83. The summed E-state index contributed by atoms with van der Waals surface area (Å²) in [6.07, 6.45) is 5.37. The predicted molar refractivity (Wildman–Crippen MR) is 52.1 cm³/mol. The maximum absolute atomic E-state index is 5.37. The summed E-state index contributed by atoms with van der Waals surface area (Å²) in [5, 5.41) is 11.0. The molecular formula is C10H13N3. The summed E-state index contributed by atoms with van der Waals surface area (Å²) in [6, 6.07) is 1.89. The largest absolute Gasteiger partial charge is 0.303 e. The number of rotatable bonds is 2. The molecule has 3 nitrogen and oxygen atoms in total. The first-order chi connectivity index (χ1) is 6.19. The SMILES string of the molecule is C#CC(NC)c1cc(C)nnc1C. The van der Waals surface area contributed by atoms with Gasteiger partial charge in [-0.05, 0) is 27.0 Å². The van der Waals surface area contributed by atoms with Crippen LogP contribution in [0.4, 0.5) is 0 Å². The molecule has 0 aromatic carbocycles. The van der Waals surface area contributed by atoms with Gasteiger partial charge in [-0.3, -0.25) is 0 Å². The van der Waals surface area contributed by atoms with Gasteiger partial charge in [-0.15, -0.1) is 6.42 Å². The lowest BCUT2D eigenvalue weighted by molar-refractivity contribution is 0.716. The third kappa shape index (κ3) is 2.04. The molecule has 1 rings (SSSR count). The predicted octanol–water partition coefficient (Wildman–Crippen LogP) is 0.987. The Morgan fingerprint density at radius 2 is 2.15 bits per heavy atom. The average Bonchev–Trinajstić information content (AvgIpc) is 2.13. The average molecular weight is 175 g/mol. The van der Waals surface area contributed by atoms with Gasteiger partial charge in [0.05, 0.1) is 17.4 Å². The maximum Gasteiger partial charge on any atom is 0.0959 e. The molecule has 1 heterocycles. The van der Waals surface area contributed by atoms with Gasteiger partial charge in [0.25, 0.3) is 0 Å². The maximum atomic E-state index is 5.37. The van der Waals surface area contributed by atoms with Crippen molar-refractivity contribution in [2.45, 2.75) is 19.9 Å². The van der Waals surface area contributed by atoms with Crippen LogP contribution in [0.15, 0.2) is 6.07 Å². The molecule has 0 amide bonds. The van der Waals surface area contributed by atoms with E-state index in [1.165, 1.54) is 0 Å². The molecule has 0 aliphatic heterocycles. The van der Waals surface area contributed by atoms with Crippen molar-refractivity contribution in [1.29, 1.82) is 0 Å². The van der Waals surface area contributed by atoms with E-state index in [2.05, 4.69) is 21.4 Å². The molecule has 0 saturated heterocycles. The van der Waals surface area contributed by atoms with Crippen molar-refractivity contribution in [3.05, 3.63) is 23.0 Å². The molecule has 1 aromatic heterocycles. The number of aromatic nitrogens is 2. The van der Waals surface area contributed by atoms with E-state index >= 15 is 0 Å². The van der Waals surface area contributed by atoms with Gasteiger partial charge in [-0.2, -0.15) is 10.2 Å². The van der Waals surface area contributed by atoms with Crippen molar-refractivity contribution >= 4 is 0 Å². The molecule has 0 fully saturated rings. The fourth-order valence-corrected chi connectivity index (χ4v) is 1.19. The van der Waals surface area contributed by atoms with E-state index in [1.54, 1.807) is 0 Å². The second kappa shape index (κ2) is 4.01. The molecule has 3 heteroatoms. The second-order valence-corrected chi connectivity index (χ2v) is 2.91. The normalized spacial score (nSPS) is 12.2. The summed E-state index contributed by atoms with van der Waals surface area (Å²) in [4.78, 5) is 0. The van der Waals surface area contributed by atoms with Crippen LogP contribution >= 0.6 is 0 Å². The van der Waals surface area contributed by atoms with Crippen LogP contribution in [0.1, 0.15) is 23.0 Å². The molecule has 0 bridgehead atoms. The molecule has 0 saturated carbocycles. The quantitative estimate of drug-likeness (QED) is 0.681. The molecule has 1 aromatic rings. The van der Waals surface area contributed by atoms with Crippen molar-refractivity contribution in [3.63, 3.8) is 0 Å². The smallest absolute Gasteiger partial charge is 0.0959 e. The van der Waals surface area contributed by atoms with Gasteiger partial charge in [0, 0.05) is 5.56 Å². The molecule has 1 unspecified atom stereocenters. The molecule has 0 spiro atoms. The van der Waals surface area contributed by atoms with Crippen molar-refractivity contribution in [2.24, 2.45) is 0 Å². The Labute approximate surface area is 78.6 Å². The van der Waals surface area contributed by atoms with Crippen LogP contribution < -0.4 is 5.32 Å². The Morgan fingerprint density at radius 1 is 1.46 bits per heavy atom. The molecule has 68 valence electrons. The summed E-state index contributed by atoms with van der Waals surface area (Å²) in [5.41, 5.74) is 2.79. The molecular weight excluding hydrogens is 162 g/mol. The van der Waals surface area contributed by atoms with Crippen LogP contribution in [0.2, 0.25) is 0 Å². The zero-order valence-corrected chi connectivity index (χ0v) is 8.13. The minimum atomic E-state index is -0.0748. The van der Waals surface area contributed by atoms with Crippen molar-refractivity contribution in [2.75, 3.05) is 7.05 Å². The Morgan fingerprint density at radius 3 is 2.69 bits per heavy atom. The molecule has 0 aliphatic carbocycles. The highest BCUT2D eigenvalue weighted by molar-refractivity contribution is 5.29. The van der Waals surface area contributed by atoms with E-state index in [0.717, 1.165) is 17.0 Å². The van der Waals surface area contributed by atoms with E-state index in [0.29, 0.717) is 0 Å². The van der Waals surface area contributed by atoms with Crippen LogP contribution in [-0.4, -0.2) is 17.2 Å². The van der Waals surface area contributed by atoms with Gasteiger partial charge in [-0.25, -0.2) is 0 Å². The second-order valence-electron chi connectivity index (χ2n) is 2.91. The van der Waals surface area contributed by atoms with Gasteiger partial charge >= 0.3 is 0 Å². The number of nitrogens with zero attached hydrogens (tertiary/aromatic N) is 2. The molecule has 0 radical (unpaired) electrons. The van der Waals surface area contributed by atoms with Gasteiger partial charge in [0.1, 0.15) is 0 Å². The summed E-state index contributed by atoms with van der Waals surface area (Å²) >= 11 is 0. The first kappa shape index (κ1) is 9.69. The van der Waals surface area contributed by atoms with Crippen molar-refractivity contribution in [3.8, 4) is 12.3 Å². The fourth-order valence-electron chi connectivity index (χ4n) is 1.19. The first-order valence-electron chi connectivity index (χ1n) is 4.13. The number of aryl methyl sites for hydroxylation is 2. The molecule has 0 aliphatic rings. The third-order valence-electron chi connectivity index (χ3n) is 1.91. The minimum absolute atomic E-state index is 0.0748. The number of nitrogens with one attached hydrogen (secondary N) is 1. The third-order valence-corrected chi connectivity index (χ3v) is 1.91. The van der Waals surface area contributed by atoms with E-state index in [-0.39, 0.29) is 6.04 Å². The van der Waals surface area contributed by atoms with Gasteiger partial charge in [0.2, 0.25) is 0 Å². The van der Waals surface area contributed by atoms with Gasteiger partial charge in [-0.1, -0.05) is 5.92 Å². The Hall–Kier alpha value is -1.40. The van der Waals surface area contributed by atoms with E-state index in [9.17, 15) is 0 Å². The Bertz CT molecular complexity index is 339. The Kier molecular flexibility index (Phi) is 2.99. The molecule has 1 N–H and O–H groups in total. The van der Waals surface area contributed by atoms with E-state index in [4.69, 9.17) is 6.42 Å². The van der Waals surface area contributed by atoms with Crippen LogP contribution in [0.3, 0.4) is 0 Å². The van der Waals surface area contributed by atoms with Gasteiger partial charge in [0.15, 0.2) is 0 Å². The minimum Gasteiger partial charge on any atom is -0.303 e. The van der Waals surface area contributed by atoms with Crippen LogP contribution in [0, 0.1) is 26.2 Å². The van der Waals surface area contributed by atoms with Gasteiger partial charge < -0.3 is 5.32 Å². The monoisotopic (exact) mass is 175 g/mol. The fraction of sp³-hybridized carbons (Fsp3) is 0.400. The zero-order valence-electron chi connectivity index (χ0n) is 8.13. The molecule has 13 heavy (non-hydrogen) atoms. The molecule has 1 atom stereocenters. The van der Waals surface area contributed by atoms with Crippen LogP contribution in [0.5, 0.6) is 0 Å². The first-order valence-corrected chi connectivity index (χ1v) is 4.13. The summed E-state index contributed by atoms with van der Waals surface area (Å²) in [5.74, 6) is 2.66. The topological polar surface area (TPSA) is 37.8 Å². The summed E-state index contributed by atoms with van der Waals surface area (Å²) < 4.78 is 0. The van der Waals surface area contributed by atoms with Crippen molar-refractivity contribution < 1.29 is 0 Å². The zero-order chi connectivity index (χ0) is 9.84. The number of hydrogen-bond acceptors (Lipinski definition) is 3. The highest BCUT2D eigenvalue weighted by atomic mass is 15.1. The lowest BCUT2D eigenvalue weighted by atomic mass is 10.1. The van der Waals surface area contributed by atoms with Crippen LogP contribution in [-0.2, 0) is 0 Å². The van der Waals surface area contributed by atoms with Crippen LogP contribution in [0.25, 0.3) is 0 Å². The standard InChI is InChI=1S/C10H13N3/c1-5-10(11-4)9-6-7(2)12-13-8(9)3/h1,6,10-11H,2-4H3.